The summed E-state index contributed by atoms with van der Waals surface area (Å²) in [5.74, 6) is 1.55. The van der Waals surface area contributed by atoms with Gasteiger partial charge in [-0.3, -0.25) is 0 Å². The molecule has 0 nitrogen and oxygen atoms in total. The molecule has 0 saturated carbocycles. The summed E-state index contributed by atoms with van der Waals surface area (Å²) in [7, 11) is 0. The van der Waals surface area contributed by atoms with E-state index in [1.54, 1.807) is 27.6 Å². The first-order valence-electron chi connectivity index (χ1n) is 13.9. The summed E-state index contributed by atoms with van der Waals surface area (Å²) in [5, 5.41) is 2.27. The van der Waals surface area contributed by atoms with E-state index in [2.05, 4.69) is 119 Å². The van der Waals surface area contributed by atoms with Crippen molar-refractivity contribution in [1.82, 2.24) is 0 Å². The Hall–Kier alpha value is -1.13. The van der Waals surface area contributed by atoms with Crippen LogP contribution in [0.4, 0.5) is 0 Å². The molecule has 1 saturated heterocycles. The summed E-state index contributed by atoms with van der Waals surface area (Å²) in [4.78, 5) is 0. The Balaban J connectivity index is 2.56. The number of benzene rings is 2. The van der Waals surface area contributed by atoms with Crippen molar-refractivity contribution in [3.63, 3.8) is 0 Å². The summed E-state index contributed by atoms with van der Waals surface area (Å²) in [6.45, 7) is 27.3. The average molecular weight is 481 g/mol. The van der Waals surface area contributed by atoms with E-state index in [1.807, 2.05) is 0 Å². The van der Waals surface area contributed by atoms with Crippen LogP contribution in [0.3, 0.4) is 0 Å². The van der Waals surface area contributed by atoms with Gasteiger partial charge < -0.3 is 0 Å². The molecule has 0 aromatic heterocycles. The van der Waals surface area contributed by atoms with Crippen molar-refractivity contribution in [2.45, 2.75) is 124 Å². The molecular weight excluding hydrogens is 427 g/mol. The Morgan fingerprint density at radius 3 is 1.47 bits per heavy atom. The summed E-state index contributed by atoms with van der Waals surface area (Å²) >= 11 is 0. The molecular formula is C33H53P. The predicted octanol–water partition coefficient (Wildman–Crippen LogP) is 10.3. The Morgan fingerprint density at radius 2 is 1.09 bits per heavy atom. The molecule has 0 unspecified atom stereocenters. The minimum absolute atomic E-state index is 0.268. The van der Waals surface area contributed by atoms with E-state index in [-0.39, 0.29) is 10.3 Å². The number of hydrogen-bond acceptors (Lipinski definition) is 0. The van der Waals surface area contributed by atoms with Gasteiger partial charge in [-0.1, -0.05) is 0 Å². The maximum absolute atomic E-state index is 2.58. The van der Waals surface area contributed by atoms with Crippen LogP contribution in [-0.4, -0.2) is 22.6 Å². The molecule has 3 rings (SSSR count). The fourth-order valence-electron chi connectivity index (χ4n) is 7.77. The van der Waals surface area contributed by atoms with Crippen LogP contribution < -0.4 is 5.30 Å². The maximum atomic E-state index is 2.58. The molecule has 0 N–H and O–H groups in total. The van der Waals surface area contributed by atoms with Crippen molar-refractivity contribution in [3.05, 3.63) is 53.1 Å². The third-order valence-corrected chi connectivity index (χ3v) is 20.3. The Bertz CT molecular complexity index is 970. The van der Waals surface area contributed by atoms with E-state index in [9.17, 15) is 0 Å². The van der Waals surface area contributed by atoms with Gasteiger partial charge in [0.1, 0.15) is 0 Å². The van der Waals surface area contributed by atoms with Crippen molar-refractivity contribution in [3.8, 4) is 11.1 Å². The molecule has 190 valence electrons. The summed E-state index contributed by atoms with van der Waals surface area (Å²) in [6, 6.07) is 14.8. The van der Waals surface area contributed by atoms with Crippen LogP contribution in [-0.2, 0) is 0 Å². The molecule has 2 aromatic carbocycles. The van der Waals surface area contributed by atoms with Gasteiger partial charge in [-0.05, 0) is 0 Å². The molecule has 1 heteroatoms. The van der Waals surface area contributed by atoms with Gasteiger partial charge in [0.15, 0.2) is 0 Å². The van der Waals surface area contributed by atoms with Crippen LogP contribution in [0.25, 0.3) is 11.1 Å². The molecule has 1 aliphatic heterocycles. The van der Waals surface area contributed by atoms with Crippen molar-refractivity contribution in [1.29, 1.82) is 0 Å². The van der Waals surface area contributed by atoms with Crippen molar-refractivity contribution < 1.29 is 0 Å². The van der Waals surface area contributed by atoms with Gasteiger partial charge >= 0.3 is 212 Å². The van der Waals surface area contributed by atoms with Gasteiger partial charge in [-0.25, -0.2) is 0 Å². The van der Waals surface area contributed by atoms with Crippen LogP contribution in [0.15, 0.2) is 36.4 Å². The molecule has 0 amide bonds. The Morgan fingerprint density at radius 1 is 0.647 bits per heavy atom. The molecule has 2 aromatic rings. The predicted molar refractivity (Wildman–Crippen MR) is 159 cm³/mol. The third-order valence-electron chi connectivity index (χ3n) is 9.68. The molecule has 1 fully saturated rings. The van der Waals surface area contributed by atoms with Gasteiger partial charge in [0.2, 0.25) is 0 Å². The third kappa shape index (κ3) is 3.82. The van der Waals surface area contributed by atoms with Gasteiger partial charge in [0.05, 0.1) is 0 Å². The fourth-order valence-corrected chi connectivity index (χ4v) is 17.7. The Kier molecular flexibility index (Phi) is 7.32. The van der Waals surface area contributed by atoms with Crippen molar-refractivity contribution in [2.75, 3.05) is 12.3 Å². The van der Waals surface area contributed by atoms with E-state index in [0.717, 1.165) is 0 Å². The van der Waals surface area contributed by atoms with Crippen LogP contribution >= 0.6 is 6.60 Å². The molecule has 0 aliphatic carbocycles. The van der Waals surface area contributed by atoms with Crippen molar-refractivity contribution >= 4 is 11.9 Å². The first-order valence-corrected chi connectivity index (χ1v) is 16.5. The van der Waals surface area contributed by atoms with E-state index >= 15 is 0 Å². The second kappa shape index (κ2) is 9.07. The number of rotatable bonds is 5. The zero-order valence-electron chi connectivity index (χ0n) is 24.5. The number of hydrogen-bond donors (Lipinski definition) is 0. The van der Waals surface area contributed by atoms with Crippen LogP contribution in [0.1, 0.15) is 130 Å². The van der Waals surface area contributed by atoms with E-state index in [0.29, 0.717) is 17.8 Å². The molecule has 1 heterocycles. The molecule has 0 spiro atoms. The minimum atomic E-state index is -2.36. The molecule has 34 heavy (non-hydrogen) atoms. The van der Waals surface area contributed by atoms with Crippen LogP contribution in [0.2, 0.25) is 0 Å². The van der Waals surface area contributed by atoms with E-state index < -0.39 is 6.60 Å². The normalized spacial score (nSPS) is 19.6. The van der Waals surface area contributed by atoms with Crippen LogP contribution in [0, 0.1) is 0 Å². The van der Waals surface area contributed by atoms with E-state index in [1.165, 1.54) is 30.7 Å². The van der Waals surface area contributed by atoms with E-state index in [4.69, 9.17) is 0 Å². The fraction of sp³-hybridized carbons (Fsp3) is 0.636. The first kappa shape index (κ1) is 27.5. The second-order valence-electron chi connectivity index (χ2n) is 14.1. The SMILES string of the molecule is CC(C)c1cc(C(C)C)c(-c2ccccc2P2(C(C)(C)C)(C(C)(C)C)CCCC2)c(C(C)C)c1. The summed E-state index contributed by atoms with van der Waals surface area (Å²) < 4.78 is 0. The Labute approximate surface area is 212 Å². The van der Waals surface area contributed by atoms with Gasteiger partial charge in [0.25, 0.3) is 0 Å². The van der Waals surface area contributed by atoms with Crippen LogP contribution in [0.5, 0.6) is 0 Å². The zero-order chi connectivity index (χ0) is 25.7. The molecule has 0 bridgehead atoms. The summed E-state index contributed by atoms with van der Waals surface area (Å²) in [6.07, 6.45) is 5.55. The van der Waals surface area contributed by atoms with Gasteiger partial charge in [-0.15, -0.1) is 0 Å². The topological polar surface area (TPSA) is 0 Å². The molecule has 1 aliphatic rings. The molecule has 0 radical (unpaired) electrons. The van der Waals surface area contributed by atoms with Gasteiger partial charge in [0, 0.05) is 0 Å². The first-order chi connectivity index (χ1) is 15.6. The van der Waals surface area contributed by atoms with Gasteiger partial charge in [-0.2, -0.15) is 0 Å². The average Bonchev–Trinajstić information content (AvgIpc) is 3.21. The second-order valence-corrected chi connectivity index (χ2v) is 21.1. The summed E-state index contributed by atoms with van der Waals surface area (Å²) in [5.41, 5.74) is 7.67. The zero-order valence-corrected chi connectivity index (χ0v) is 25.4. The quantitative estimate of drug-likeness (QED) is 0.373. The molecule has 0 atom stereocenters. The van der Waals surface area contributed by atoms with Crippen molar-refractivity contribution in [2.24, 2.45) is 0 Å². The monoisotopic (exact) mass is 480 g/mol. The standard InChI is InChI=1S/C33H53P/c1-23(2)26-21-28(24(3)4)31(29(22-26)25(5)6)27-17-13-14-18-30(27)34(32(7,8)9,33(10,11)12)19-15-16-20-34/h13-14,17-18,21-25H,15-16,19-20H2,1-12H3.